The Bertz CT molecular complexity index is 208. The van der Waals surface area contributed by atoms with Crippen molar-refractivity contribution in [3.05, 3.63) is 0 Å². The van der Waals surface area contributed by atoms with Crippen molar-refractivity contribution in [3.8, 4) is 0 Å². The smallest absolute Gasteiger partial charge is 0.310 e. The molecule has 0 spiro atoms. The number of alkyl halides is 1. The van der Waals surface area contributed by atoms with Crippen LogP contribution in [0.25, 0.3) is 0 Å². The molecule has 1 heterocycles. The molecule has 0 aromatic carbocycles. The van der Waals surface area contributed by atoms with E-state index in [-0.39, 0.29) is 23.6 Å². The van der Waals surface area contributed by atoms with Gasteiger partial charge in [0.15, 0.2) is 0 Å². The number of nitrogens with one attached hydrogen (secondary N) is 1. The van der Waals surface area contributed by atoms with Crippen LogP contribution in [0.2, 0.25) is 0 Å². The number of methoxy groups -OCH3 is 1. The summed E-state index contributed by atoms with van der Waals surface area (Å²) in [4.78, 5) is 22.9. The Morgan fingerprint density at radius 1 is 1.50 bits per heavy atom. The molecule has 1 N–H and O–H groups in total. The third-order valence-electron chi connectivity index (χ3n) is 2.53. The van der Waals surface area contributed by atoms with Gasteiger partial charge < -0.3 is 10.1 Å². The second kappa shape index (κ2) is 5.46. The Morgan fingerprint density at radius 3 is 2.79 bits per heavy atom. The van der Waals surface area contributed by atoms with Crippen LogP contribution >= 0.6 is 15.9 Å². The minimum atomic E-state index is -0.321. The van der Waals surface area contributed by atoms with Gasteiger partial charge in [-0.3, -0.25) is 9.59 Å². The van der Waals surface area contributed by atoms with Crippen molar-refractivity contribution in [1.82, 2.24) is 5.32 Å². The molecule has 0 aromatic rings. The van der Waals surface area contributed by atoms with E-state index in [9.17, 15) is 9.59 Å². The molecule has 0 bridgehead atoms. The third-order valence-corrected chi connectivity index (χ3v) is 3.08. The predicted molar refractivity (Wildman–Crippen MR) is 55.3 cm³/mol. The number of hydrogen-bond acceptors (Lipinski definition) is 4. The molecule has 14 heavy (non-hydrogen) atoms. The van der Waals surface area contributed by atoms with E-state index in [4.69, 9.17) is 0 Å². The number of rotatable bonds is 3. The monoisotopic (exact) mass is 263 g/mol. The number of carbonyl (C=O) groups excluding carboxylic acids is 2. The lowest BCUT2D eigenvalue weighted by atomic mass is 9.84. The highest BCUT2D eigenvalue weighted by Gasteiger charge is 2.35. The van der Waals surface area contributed by atoms with Gasteiger partial charge in [-0.15, -0.1) is 0 Å². The molecular weight excluding hydrogens is 250 g/mol. The quantitative estimate of drug-likeness (QED) is 0.590. The molecule has 1 saturated heterocycles. The molecule has 80 valence electrons. The zero-order chi connectivity index (χ0) is 10.6. The number of hydrogen-bond donors (Lipinski definition) is 1. The topological polar surface area (TPSA) is 55.4 Å². The largest absolute Gasteiger partial charge is 0.469 e. The van der Waals surface area contributed by atoms with E-state index in [1.165, 1.54) is 7.11 Å². The maximum atomic E-state index is 11.5. The van der Waals surface area contributed by atoms with Crippen LogP contribution in [-0.4, -0.2) is 37.3 Å². The second-order valence-corrected chi connectivity index (χ2v) is 3.89. The van der Waals surface area contributed by atoms with Crippen molar-refractivity contribution < 1.29 is 14.3 Å². The van der Waals surface area contributed by atoms with Crippen LogP contribution in [-0.2, 0) is 14.3 Å². The number of halogens is 1. The Balaban J connectivity index is 2.68. The molecule has 1 rings (SSSR count). The summed E-state index contributed by atoms with van der Waals surface area (Å²) < 4.78 is 4.67. The maximum absolute atomic E-state index is 11.5. The number of ether oxygens (including phenoxy) is 1. The first-order valence-corrected chi connectivity index (χ1v) is 5.70. The lowest BCUT2D eigenvalue weighted by Crippen LogP contribution is -2.44. The summed E-state index contributed by atoms with van der Waals surface area (Å²) in [5.74, 6) is -0.722. The van der Waals surface area contributed by atoms with E-state index in [1.54, 1.807) is 0 Å². The van der Waals surface area contributed by atoms with Gasteiger partial charge in [0.05, 0.1) is 18.4 Å². The van der Waals surface area contributed by atoms with Crippen LogP contribution < -0.4 is 5.32 Å². The average molecular weight is 264 g/mol. The summed E-state index contributed by atoms with van der Waals surface area (Å²) in [6, 6.07) is 0. The van der Waals surface area contributed by atoms with Crippen LogP contribution in [0.3, 0.4) is 0 Å². The fraction of sp³-hybridized carbons (Fsp3) is 0.778. The van der Waals surface area contributed by atoms with Gasteiger partial charge in [-0.2, -0.15) is 0 Å². The number of esters is 1. The first-order valence-electron chi connectivity index (χ1n) is 4.58. The van der Waals surface area contributed by atoms with E-state index in [1.807, 2.05) is 0 Å². The molecule has 0 saturated carbocycles. The first kappa shape index (κ1) is 11.7. The maximum Gasteiger partial charge on any atom is 0.310 e. The third kappa shape index (κ3) is 2.54. The van der Waals surface area contributed by atoms with Crippen LogP contribution in [0.4, 0.5) is 0 Å². The van der Waals surface area contributed by atoms with Crippen molar-refractivity contribution in [1.29, 1.82) is 0 Å². The zero-order valence-electron chi connectivity index (χ0n) is 8.09. The minimum Gasteiger partial charge on any atom is -0.469 e. The predicted octanol–water partition coefficient (Wildman–Crippen LogP) is 0.349. The molecule has 5 heteroatoms. The normalized spacial score (nSPS) is 27.0. The van der Waals surface area contributed by atoms with Gasteiger partial charge >= 0.3 is 5.97 Å². The molecule has 1 aliphatic heterocycles. The van der Waals surface area contributed by atoms with Crippen molar-refractivity contribution in [3.63, 3.8) is 0 Å². The summed E-state index contributed by atoms with van der Waals surface area (Å²) in [5, 5.41) is 3.40. The molecule has 0 aliphatic carbocycles. The van der Waals surface area contributed by atoms with E-state index >= 15 is 0 Å². The molecule has 0 radical (unpaired) electrons. The van der Waals surface area contributed by atoms with Gasteiger partial charge in [-0.1, -0.05) is 15.9 Å². The minimum absolute atomic E-state index is 0.0851. The average Bonchev–Trinajstić information content (AvgIpc) is 2.27. The molecule has 0 aromatic heterocycles. The van der Waals surface area contributed by atoms with Gasteiger partial charge in [-0.25, -0.2) is 0 Å². The van der Waals surface area contributed by atoms with Crippen molar-refractivity contribution in [2.75, 3.05) is 25.5 Å². The lowest BCUT2D eigenvalue weighted by Gasteiger charge is -2.28. The van der Waals surface area contributed by atoms with Gasteiger partial charge in [0.2, 0.25) is 0 Å². The fourth-order valence-electron chi connectivity index (χ4n) is 1.74. The summed E-state index contributed by atoms with van der Waals surface area (Å²) in [5.41, 5.74) is 0. The lowest BCUT2D eigenvalue weighted by molar-refractivity contribution is -0.150. The van der Waals surface area contributed by atoms with Crippen LogP contribution in [0, 0.1) is 11.8 Å². The molecule has 2 atom stereocenters. The highest BCUT2D eigenvalue weighted by molar-refractivity contribution is 9.09. The fourth-order valence-corrected chi connectivity index (χ4v) is 2.16. The Labute approximate surface area is 91.5 Å². The first-order chi connectivity index (χ1) is 6.70. The van der Waals surface area contributed by atoms with Gasteiger partial charge in [0.25, 0.3) is 0 Å². The Morgan fingerprint density at radius 2 is 2.21 bits per heavy atom. The Kier molecular flexibility index (Phi) is 4.54. The standard InChI is InChI=1S/C9H14BrNO3/c1-14-9(13)7-5-11-3-2-6(7)8(12)4-10/h6-7,11H,2-5H2,1H3. The summed E-state index contributed by atoms with van der Waals surface area (Å²) in [6.07, 6.45) is 0.712. The zero-order valence-corrected chi connectivity index (χ0v) is 9.67. The van der Waals surface area contributed by atoms with Crippen LogP contribution in [0.1, 0.15) is 6.42 Å². The number of ketones is 1. The van der Waals surface area contributed by atoms with Gasteiger partial charge in [0.1, 0.15) is 5.78 Å². The number of Topliss-reactive ketones (excluding diaryl/α,β-unsaturated/α-hetero) is 1. The van der Waals surface area contributed by atoms with E-state index in [0.717, 1.165) is 6.54 Å². The van der Waals surface area contributed by atoms with E-state index in [2.05, 4.69) is 26.0 Å². The second-order valence-electron chi connectivity index (χ2n) is 3.33. The molecule has 4 nitrogen and oxygen atoms in total. The Hall–Kier alpha value is -0.420. The highest BCUT2D eigenvalue weighted by Crippen LogP contribution is 2.22. The molecule has 1 aliphatic rings. The van der Waals surface area contributed by atoms with Crippen molar-refractivity contribution in [2.24, 2.45) is 11.8 Å². The SMILES string of the molecule is COC(=O)C1CNCCC1C(=O)CBr. The van der Waals surface area contributed by atoms with E-state index < -0.39 is 0 Å². The molecule has 2 unspecified atom stereocenters. The highest BCUT2D eigenvalue weighted by atomic mass is 79.9. The summed E-state index contributed by atoms with van der Waals surface area (Å²) >= 11 is 3.13. The number of carbonyl (C=O) groups is 2. The van der Waals surface area contributed by atoms with E-state index in [0.29, 0.717) is 18.3 Å². The molecule has 1 fully saturated rings. The van der Waals surface area contributed by atoms with Crippen LogP contribution in [0.15, 0.2) is 0 Å². The van der Waals surface area contributed by atoms with Crippen molar-refractivity contribution >= 4 is 27.7 Å². The van der Waals surface area contributed by atoms with Gasteiger partial charge in [-0.05, 0) is 13.0 Å². The summed E-state index contributed by atoms with van der Waals surface area (Å²) in [7, 11) is 1.35. The summed E-state index contributed by atoms with van der Waals surface area (Å²) in [6.45, 7) is 1.33. The number of piperidine rings is 1. The molecular formula is C9H14BrNO3. The van der Waals surface area contributed by atoms with Gasteiger partial charge in [0, 0.05) is 12.5 Å². The van der Waals surface area contributed by atoms with Crippen molar-refractivity contribution in [2.45, 2.75) is 6.42 Å². The van der Waals surface area contributed by atoms with Crippen LogP contribution in [0.5, 0.6) is 0 Å². The molecule has 0 amide bonds.